The zero-order valence-electron chi connectivity index (χ0n) is 13.1. The van der Waals surface area contributed by atoms with E-state index in [-0.39, 0.29) is 12.1 Å². The smallest absolute Gasteiger partial charge is 0.319 e. The summed E-state index contributed by atoms with van der Waals surface area (Å²) >= 11 is 6.08. The van der Waals surface area contributed by atoms with Gasteiger partial charge in [0.1, 0.15) is 11.5 Å². The van der Waals surface area contributed by atoms with Gasteiger partial charge in [0.2, 0.25) is 0 Å². The number of nitrogens with one attached hydrogen (secondary N) is 2. The Morgan fingerprint density at radius 1 is 1.26 bits per heavy atom. The van der Waals surface area contributed by atoms with Gasteiger partial charge < -0.3 is 20.1 Å². The highest BCUT2D eigenvalue weighted by Crippen LogP contribution is 2.35. The third kappa shape index (κ3) is 4.26. The van der Waals surface area contributed by atoms with Crippen LogP contribution in [0, 0.1) is 0 Å². The standard InChI is InChI=1S/C16H18ClN3O3/c1-10(11-5-4-6-18-9-11)19-16(21)20-13-7-12(17)14(22-2)8-15(13)23-3/h4-10H,1-3H3,(H2,19,20,21). The van der Waals surface area contributed by atoms with Crippen molar-refractivity contribution in [2.75, 3.05) is 19.5 Å². The summed E-state index contributed by atoms with van der Waals surface area (Å²) in [6, 6.07) is 6.33. The number of urea groups is 1. The number of carbonyl (C=O) groups is 1. The molecule has 0 radical (unpaired) electrons. The van der Waals surface area contributed by atoms with Crippen molar-refractivity contribution in [2.45, 2.75) is 13.0 Å². The normalized spacial score (nSPS) is 11.5. The molecule has 122 valence electrons. The summed E-state index contributed by atoms with van der Waals surface area (Å²) in [6.45, 7) is 1.87. The summed E-state index contributed by atoms with van der Waals surface area (Å²) in [5.41, 5.74) is 1.36. The van der Waals surface area contributed by atoms with Gasteiger partial charge in [-0.05, 0) is 24.6 Å². The first kappa shape index (κ1) is 16.9. The number of rotatable bonds is 5. The van der Waals surface area contributed by atoms with Crippen LogP contribution < -0.4 is 20.1 Å². The van der Waals surface area contributed by atoms with E-state index in [9.17, 15) is 4.79 Å². The lowest BCUT2D eigenvalue weighted by Gasteiger charge is -2.17. The van der Waals surface area contributed by atoms with Crippen LogP contribution >= 0.6 is 11.6 Å². The van der Waals surface area contributed by atoms with E-state index in [0.29, 0.717) is 22.2 Å². The maximum Gasteiger partial charge on any atom is 0.319 e. The summed E-state index contributed by atoms with van der Waals surface area (Å²) in [7, 11) is 3.01. The van der Waals surface area contributed by atoms with Gasteiger partial charge in [0, 0.05) is 18.5 Å². The van der Waals surface area contributed by atoms with Crippen LogP contribution in [0.3, 0.4) is 0 Å². The minimum absolute atomic E-state index is 0.191. The van der Waals surface area contributed by atoms with Crippen LogP contribution in [0.15, 0.2) is 36.7 Å². The van der Waals surface area contributed by atoms with Gasteiger partial charge in [0.05, 0.1) is 31.0 Å². The molecule has 1 heterocycles. The maximum atomic E-state index is 12.2. The molecule has 1 aromatic heterocycles. The molecule has 2 amide bonds. The van der Waals surface area contributed by atoms with E-state index < -0.39 is 0 Å². The first-order valence-corrected chi connectivity index (χ1v) is 7.32. The quantitative estimate of drug-likeness (QED) is 0.875. The number of methoxy groups -OCH3 is 2. The Labute approximate surface area is 139 Å². The highest BCUT2D eigenvalue weighted by atomic mass is 35.5. The van der Waals surface area contributed by atoms with E-state index in [4.69, 9.17) is 21.1 Å². The van der Waals surface area contributed by atoms with Crippen LogP contribution in [-0.4, -0.2) is 25.2 Å². The summed E-state index contributed by atoms with van der Waals surface area (Å²) in [5, 5.41) is 5.92. The molecule has 0 aliphatic rings. The monoisotopic (exact) mass is 335 g/mol. The molecule has 2 aromatic rings. The Bertz CT molecular complexity index is 680. The van der Waals surface area contributed by atoms with Gasteiger partial charge in [-0.1, -0.05) is 17.7 Å². The molecule has 0 aliphatic heterocycles. The topological polar surface area (TPSA) is 72.5 Å². The molecule has 7 heteroatoms. The Hall–Kier alpha value is -2.47. The largest absolute Gasteiger partial charge is 0.495 e. The van der Waals surface area contributed by atoms with Crippen LogP contribution in [-0.2, 0) is 0 Å². The Kier molecular flexibility index (Phi) is 5.65. The van der Waals surface area contributed by atoms with Gasteiger partial charge in [0.25, 0.3) is 0 Å². The van der Waals surface area contributed by atoms with E-state index in [1.807, 2.05) is 19.1 Å². The average Bonchev–Trinajstić information content (AvgIpc) is 2.55. The molecule has 1 atom stereocenters. The van der Waals surface area contributed by atoms with Crippen LogP contribution in [0.4, 0.5) is 10.5 Å². The zero-order valence-corrected chi connectivity index (χ0v) is 13.8. The van der Waals surface area contributed by atoms with Gasteiger partial charge in [0.15, 0.2) is 0 Å². The number of carbonyl (C=O) groups excluding carboxylic acids is 1. The fourth-order valence-corrected chi connectivity index (χ4v) is 2.27. The summed E-state index contributed by atoms with van der Waals surface area (Å²) in [6.07, 6.45) is 3.39. The summed E-state index contributed by atoms with van der Waals surface area (Å²) in [5.74, 6) is 0.925. The van der Waals surface area contributed by atoms with Gasteiger partial charge in [-0.25, -0.2) is 4.79 Å². The number of halogens is 1. The van der Waals surface area contributed by atoms with Crippen LogP contribution in [0.25, 0.3) is 0 Å². The number of nitrogens with zero attached hydrogens (tertiary/aromatic N) is 1. The predicted octanol–water partition coefficient (Wildman–Crippen LogP) is 3.63. The fourth-order valence-electron chi connectivity index (χ4n) is 2.03. The molecule has 0 saturated carbocycles. The first-order valence-electron chi connectivity index (χ1n) is 6.94. The van der Waals surface area contributed by atoms with Crippen LogP contribution in [0.5, 0.6) is 11.5 Å². The second-order valence-electron chi connectivity index (χ2n) is 4.79. The van der Waals surface area contributed by atoms with E-state index in [1.54, 1.807) is 24.5 Å². The number of benzene rings is 1. The molecular weight excluding hydrogens is 318 g/mol. The fraction of sp³-hybridized carbons (Fsp3) is 0.250. The van der Waals surface area contributed by atoms with Gasteiger partial charge >= 0.3 is 6.03 Å². The number of anilines is 1. The number of pyridine rings is 1. The van der Waals surface area contributed by atoms with E-state index in [0.717, 1.165) is 5.56 Å². The Balaban J connectivity index is 2.09. The van der Waals surface area contributed by atoms with Crippen molar-refractivity contribution in [3.63, 3.8) is 0 Å². The van der Waals surface area contributed by atoms with Crippen molar-refractivity contribution >= 4 is 23.3 Å². The molecule has 2 rings (SSSR count). The van der Waals surface area contributed by atoms with Crippen molar-refractivity contribution in [1.82, 2.24) is 10.3 Å². The minimum Gasteiger partial charge on any atom is -0.495 e. The van der Waals surface area contributed by atoms with Gasteiger partial charge in [-0.3, -0.25) is 4.98 Å². The lowest BCUT2D eigenvalue weighted by Crippen LogP contribution is -2.31. The van der Waals surface area contributed by atoms with Crippen molar-refractivity contribution < 1.29 is 14.3 Å². The number of ether oxygens (including phenoxy) is 2. The van der Waals surface area contributed by atoms with Crippen LogP contribution in [0.1, 0.15) is 18.5 Å². The van der Waals surface area contributed by atoms with E-state index in [1.165, 1.54) is 14.2 Å². The number of amides is 2. The van der Waals surface area contributed by atoms with E-state index in [2.05, 4.69) is 15.6 Å². The predicted molar refractivity (Wildman–Crippen MR) is 89.4 cm³/mol. The first-order chi connectivity index (χ1) is 11.0. The highest BCUT2D eigenvalue weighted by molar-refractivity contribution is 6.32. The van der Waals surface area contributed by atoms with Gasteiger partial charge in [-0.2, -0.15) is 0 Å². The van der Waals surface area contributed by atoms with Crippen molar-refractivity contribution in [1.29, 1.82) is 0 Å². The minimum atomic E-state index is -0.374. The maximum absolute atomic E-state index is 12.2. The van der Waals surface area contributed by atoms with Crippen LogP contribution in [0.2, 0.25) is 5.02 Å². The molecule has 23 heavy (non-hydrogen) atoms. The Morgan fingerprint density at radius 2 is 2.00 bits per heavy atom. The second-order valence-corrected chi connectivity index (χ2v) is 5.20. The molecule has 1 unspecified atom stereocenters. The van der Waals surface area contributed by atoms with Crippen molar-refractivity contribution in [3.8, 4) is 11.5 Å². The third-order valence-electron chi connectivity index (χ3n) is 3.25. The molecule has 0 bridgehead atoms. The van der Waals surface area contributed by atoms with E-state index >= 15 is 0 Å². The summed E-state index contributed by atoms with van der Waals surface area (Å²) in [4.78, 5) is 16.2. The molecular formula is C16H18ClN3O3. The second kappa shape index (κ2) is 7.69. The number of hydrogen-bond donors (Lipinski definition) is 2. The molecule has 2 N–H and O–H groups in total. The highest BCUT2D eigenvalue weighted by Gasteiger charge is 2.14. The molecule has 0 saturated heterocycles. The third-order valence-corrected chi connectivity index (χ3v) is 3.55. The molecule has 0 aliphatic carbocycles. The zero-order chi connectivity index (χ0) is 16.8. The SMILES string of the molecule is COc1cc(OC)c(NC(=O)NC(C)c2cccnc2)cc1Cl. The lowest BCUT2D eigenvalue weighted by molar-refractivity contribution is 0.249. The van der Waals surface area contributed by atoms with Crippen molar-refractivity contribution in [2.24, 2.45) is 0 Å². The summed E-state index contributed by atoms with van der Waals surface area (Å²) < 4.78 is 10.4. The molecule has 1 aromatic carbocycles. The molecule has 6 nitrogen and oxygen atoms in total. The number of hydrogen-bond acceptors (Lipinski definition) is 4. The average molecular weight is 336 g/mol. The Morgan fingerprint density at radius 3 is 2.61 bits per heavy atom. The van der Waals surface area contributed by atoms with Gasteiger partial charge in [-0.15, -0.1) is 0 Å². The lowest BCUT2D eigenvalue weighted by atomic mass is 10.1. The molecule has 0 spiro atoms. The number of aromatic nitrogens is 1. The molecule has 0 fully saturated rings. The van der Waals surface area contributed by atoms with Crippen molar-refractivity contribution in [3.05, 3.63) is 47.2 Å².